The summed E-state index contributed by atoms with van der Waals surface area (Å²) in [6.45, 7) is 1.50. The standard InChI is InChI=1S/C14H14ClN3O/c15-7-12-17-11-2-1-10(8-16)13(14(11)18-12)9-3-5-19-6-4-9/h1-2,9H,3-7H2,(H,17,18). The van der Waals surface area contributed by atoms with Gasteiger partial charge in [-0.25, -0.2) is 4.98 Å². The normalized spacial score (nSPS) is 16.6. The predicted molar refractivity (Wildman–Crippen MR) is 73.2 cm³/mol. The van der Waals surface area contributed by atoms with E-state index in [9.17, 15) is 5.26 Å². The van der Waals surface area contributed by atoms with Gasteiger partial charge in [0, 0.05) is 18.8 Å². The van der Waals surface area contributed by atoms with E-state index in [0.717, 1.165) is 48.5 Å². The molecule has 0 saturated carbocycles. The van der Waals surface area contributed by atoms with Crippen molar-refractivity contribution in [3.8, 4) is 6.07 Å². The summed E-state index contributed by atoms with van der Waals surface area (Å²) in [5, 5.41) is 9.33. The molecular formula is C14H14ClN3O. The molecule has 0 atom stereocenters. The number of nitriles is 1. The van der Waals surface area contributed by atoms with E-state index in [1.54, 1.807) is 0 Å². The van der Waals surface area contributed by atoms with E-state index >= 15 is 0 Å². The summed E-state index contributed by atoms with van der Waals surface area (Å²) in [6.07, 6.45) is 1.88. The first-order valence-electron chi connectivity index (χ1n) is 6.38. The third-order valence-electron chi connectivity index (χ3n) is 3.62. The number of benzene rings is 1. The van der Waals surface area contributed by atoms with Crippen molar-refractivity contribution in [2.45, 2.75) is 24.6 Å². The number of hydrogen-bond acceptors (Lipinski definition) is 3. The van der Waals surface area contributed by atoms with E-state index < -0.39 is 0 Å². The Bertz CT molecular complexity index is 638. The minimum absolute atomic E-state index is 0.346. The van der Waals surface area contributed by atoms with Crippen molar-refractivity contribution in [3.63, 3.8) is 0 Å². The van der Waals surface area contributed by atoms with Crippen molar-refractivity contribution >= 4 is 22.6 Å². The Labute approximate surface area is 116 Å². The van der Waals surface area contributed by atoms with Gasteiger partial charge in [-0.15, -0.1) is 11.6 Å². The van der Waals surface area contributed by atoms with Crippen molar-refractivity contribution < 1.29 is 4.74 Å². The van der Waals surface area contributed by atoms with Gasteiger partial charge in [-0.2, -0.15) is 5.26 Å². The highest BCUT2D eigenvalue weighted by atomic mass is 35.5. The third-order valence-corrected chi connectivity index (χ3v) is 3.87. The lowest BCUT2D eigenvalue weighted by molar-refractivity contribution is 0.0855. The molecule has 1 aromatic carbocycles. The van der Waals surface area contributed by atoms with Crippen LogP contribution >= 0.6 is 11.6 Å². The van der Waals surface area contributed by atoms with Crippen LogP contribution in [-0.4, -0.2) is 23.2 Å². The molecule has 3 rings (SSSR count). The number of aromatic amines is 1. The molecular weight excluding hydrogens is 262 g/mol. The van der Waals surface area contributed by atoms with Crippen molar-refractivity contribution in [3.05, 3.63) is 29.1 Å². The Kier molecular flexibility index (Phi) is 3.41. The molecule has 0 amide bonds. The van der Waals surface area contributed by atoms with Gasteiger partial charge in [0.05, 0.1) is 28.5 Å². The minimum Gasteiger partial charge on any atom is -0.381 e. The first-order chi connectivity index (χ1) is 9.33. The van der Waals surface area contributed by atoms with Crippen LogP contribution in [0.25, 0.3) is 11.0 Å². The van der Waals surface area contributed by atoms with E-state index in [4.69, 9.17) is 16.3 Å². The summed E-state index contributed by atoms with van der Waals surface area (Å²) in [7, 11) is 0. The van der Waals surface area contributed by atoms with Crippen molar-refractivity contribution in [2.75, 3.05) is 13.2 Å². The molecule has 19 heavy (non-hydrogen) atoms. The first kappa shape index (κ1) is 12.5. The van der Waals surface area contributed by atoms with Gasteiger partial charge in [-0.3, -0.25) is 0 Å². The maximum absolute atomic E-state index is 9.33. The monoisotopic (exact) mass is 275 g/mol. The first-order valence-corrected chi connectivity index (χ1v) is 6.92. The van der Waals surface area contributed by atoms with Crippen molar-refractivity contribution in [2.24, 2.45) is 0 Å². The zero-order valence-corrected chi connectivity index (χ0v) is 11.2. The number of ether oxygens (including phenoxy) is 1. The molecule has 98 valence electrons. The Morgan fingerprint density at radius 3 is 2.89 bits per heavy atom. The Hall–Kier alpha value is -1.57. The molecule has 2 heterocycles. The van der Waals surface area contributed by atoms with Gasteiger partial charge in [0.1, 0.15) is 5.82 Å². The molecule has 1 saturated heterocycles. The number of fused-ring (bicyclic) bond motifs is 1. The fourth-order valence-electron chi connectivity index (χ4n) is 2.71. The lowest BCUT2D eigenvalue weighted by atomic mass is 9.87. The van der Waals surface area contributed by atoms with Gasteiger partial charge in [0.2, 0.25) is 0 Å². The summed E-state index contributed by atoms with van der Waals surface area (Å²) >= 11 is 5.83. The molecule has 1 aliphatic rings. The van der Waals surface area contributed by atoms with Crippen LogP contribution in [0.4, 0.5) is 0 Å². The van der Waals surface area contributed by atoms with Gasteiger partial charge in [0.25, 0.3) is 0 Å². The Morgan fingerprint density at radius 1 is 1.42 bits per heavy atom. The van der Waals surface area contributed by atoms with Crippen molar-refractivity contribution in [1.82, 2.24) is 9.97 Å². The zero-order valence-electron chi connectivity index (χ0n) is 10.4. The molecule has 4 nitrogen and oxygen atoms in total. The number of hydrogen-bond donors (Lipinski definition) is 1. The van der Waals surface area contributed by atoms with Crippen LogP contribution in [0, 0.1) is 11.3 Å². The van der Waals surface area contributed by atoms with Crippen LogP contribution in [0.5, 0.6) is 0 Å². The Balaban J connectivity index is 2.17. The number of halogens is 1. The molecule has 5 heteroatoms. The SMILES string of the molecule is N#Cc1ccc2[nH]c(CCl)nc2c1C1CCOCC1. The smallest absolute Gasteiger partial charge is 0.122 e. The highest BCUT2D eigenvalue weighted by molar-refractivity contribution is 6.16. The Morgan fingerprint density at radius 2 is 2.21 bits per heavy atom. The number of nitrogens with one attached hydrogen (secondary N) is 1. The molecule has 0 bridgehead atoms. The molecule has 0 unspecified atom stereocenters. The van der Waals surface area contributed by atoms with Crippen molar-refractivity contribution in [1.29, 1.82) is 5.26 Å². The number of rotatable bonds is 2. The third kappa shape index (κ3) is 2.20. The number of nitrogens with zero attached hydrogens (tertiary/aromatic N) is 2. The molecule has 2 aromatic rings. The van der Waals surface area contributed by atoms with Crippen LogP contribution in [0.2, 0.25) is 0 Å². The van der Waals surface area contributed by atoms with Gasteiger partial charge in [-0.05, 0) is 30.9 Å². The van der Waals surface area contributed by atoms with Crippen LogP contribution in [0.15, 0.2) is 12.1 Å². The van der Waals surface area contributed by atoms with Gasteiger partial charge in [-0.1, -0.05) is 0 Å². The van der Waals surface area contributed by atoms with Crippen LogP contribution in [0.3, 0.4) is 0 Å². The molecule has 0 spiro atoms. The molecule has 0 aliphatic carbocycles. The maximum atomic E-state index is 9.33. The van der Waals surface area contributed by atoms with Crippen LogP contribution in [-0.2, 0) is 10.6 Å². The average molecular weight is 276 g/mol. The average Bonchev–Trinajstić information content (AvgIpc) is 2.90. The number of aromatic nitrogens is 2. The second kappa shape index (κ2) is 5.20. The molecule has 1 N–H and O–H groups in total. The van der Waals surface area contributed by atoms with Crippen LogP contribution < -0.4 is 0 Å². The zero-order chi connectivity index (χ0) is 13.2. The largest absolute Gasteiger partial charge is 0.381 e. The predicted octanol–water partition coefficient (Wildman–Crippen LogP) is 3.07. The van der Waals surface area contributed by atoms with Gasteiger partial charge < -0.3 is 9.72 Å². The fraction of sp³-hybridized carbons (Fsp3) is 0.429. The second-order valence-corrected chi connectivity index (χ2v) is 5.01. The van der Waals surface area contributed by atoms with E-state index in [1.165, 1.54) is 0 Å². The van der Waals surface area contributed by atoms with E-state index in [2.05, 4.69) is 16.0 Å². The lowest BCUT2D eigenvalue weighted by Crippen LogP contribution is -2.15. The molecule has 0 radical (unpaired) electrons. The number of H-pyrrole nitrogens is 1. The van der Waals surface area contributed by atoms with Gasteiger partial charge in [0.15, 0.2) is 0 Å². The van der Waals surface area contributed by atoms with E-state index in [1.807, 2.05) is 12.1 Å². The summed E-state index contributed by atoms with van der Waals surface area (Å²) in [5.41, 5.74) is 3.61. The highest BCUT2D eigenvalue weighted by Crippen LogP contribution is 2.34. The fourth-order valence-corrected chi connectivity index (χ4v) is 2.83. The number of alkyl halides is 1. The number of imidazole rings is 1. The van der Waals surface area contributed by atoms with E-state index in [0.29, 0.717) is 17.4 Å². The minimum atomic E-state index is 0.346. The lowest BCUT2D eigenvalue weighted by Gasteiger charge is -2.23. The quantitative estimate of drug-likeness (QED) is 0.857. The molecule has 1 aromatic heterocycles. The highest BCUT2D eigenvalue weighted by Gasteiger charge is 2.23. The molecule has 1 fully saturated rings. The summed E-state index contributed by atoms with van der Waals surface area (Å²) < 4.78 is 5.40. The second-order valence-electron chi connectivity index (χ2n) is 4.74. The molecule has 1 aliphatic heterocycles. The maximum Gasteiger partial charge on any atom is 0.122 e. The van der Waals surface area contributed by atoms with Gasteiger partial charge >= 0.3 is 0 Å². The van der Waals surface area contributed by atoms with E-state index in [-0.39, 0.29) is 0 Å². The summed E-state index contributed by atoms with van der Waals surface area (Å²) in [5.74, 6) is 1.45. The summed E-state index contributed by atoms with van der Waals surface area (Å²) in [4.78, 5) is 7.73. The topological polar surface area (TPSA) is 61.7 Å². The summed E-state index contributed by atoms with van der Waals surface area (Å²) in [6, 6.07) is 6.05. The van der Waals surface area contributed by atoms with Crippen LogP contribution in [0.1, 0.15) is 35.7 Å².